The highest BCUT2D eigenvalue weighted by Crippen LogP contribution is 2.21. The van der Waals surface area contributed by atoms with Crippen LogP contribution in [0.1, 0.15) is 36.8 Å². The van der Waals surface area contributed by atoms with Gasteiger partial charge < -0.3 is 10.3 Å². The first kappa shape index (κ1) is 12.4. The normalized spacial score (nSPS) is 11.3. The van der Waals surface area contributed by atoms with E-state index in [9.17, 15) is 4.79 Å². The van der Waals surface area contributed by atoms with Crippen molar-refractivity contribution in [2.75, 3.05) is 5.32 Å². The molecule has 1 aromatic carbocycles. The Hall–Kier alpha value is -2.03. The first-order valence-corrected chi connectivity index (χ1v) is 6.02. The van der Waals surface area contributed by atoms with Crippen molar-refractivity contribution in [2.24, 2.45) is 0 Å². The van der Waals surface area contributed by atoms with Crippen molar-refractivity contribution >= 4 is 11.6 Å². The third-order valence-electron chi connectivity index (χ3n) is 2.78. The fraction of sp³-hybridized carbons (Fsp3) is 0.267. The first-order valence-electron chi connectivity index (χ1n) is 6.02. The van der Waals surface area contributed by atoms with Crippen LogP contribution in [0.15, 0.2) is 42.6 Å². The lowest BCUT2D eigenvalue weighted by molar-refractivity contribution is 0.102. The zero-order valence-corrected chi connectivity index (χ0v) is 10.9. The third-order valence-corrected chi connectivity index (χ3v) is 2.78. The molecule has 3 nitrogen and oxygen atoms in total. The maximum absolute atomic E-state index is 12.0. The van der Waals surface area contributed by atoms with Crippen LogP contribution in [0.4, 0.5) is 5.69 Å². The quantitative estimate of drug-likeness (QED) is 0.830. The summed E-state index contributed by atoms with van der Waals surface area (Å²) in [6, 6.07) is 11.4. The van der Waals surface area contributed by atoms with Crippen molar-refractivity contribution in [3.8, 4) is 0 Å². The molecule has 3 heteroatoms. The van der Waals surface area contributed by atoms with Gasteiger partial charge in [0, 0.05) is 23.0 Å². The van der Waals surface area contributed by atoms with Crippen LogP contribution in [0.2, 0.25) is 0 Å². The second-order valence-electron chi connectivity index (χ2n) is 5.37. The zero-order chi connectivity index (χ0) is 13.2. The summed E-state index contributed by atoms with van der Waals surface area (Å²) in [4.78, 5) is 15.2. The minimum atomic E-state index is -0.0899. The minimum Gasteiger partial charge on any atom is -0.364 e. The molecule has 0 aliphatic heterocycles. The summed E-state index contributed by atoms with van der Waals surface area (Å²) < 4.78 is 0. The second kappa shape index (κ2) is 4.69. The highest BCUT2D eigenvalue weighted by molar-refractivity contribution is 6.04. The Morgan fingerprint density at radius 3 is 2.39 bits per heavy atom. The van der Waals surface area contributed by atoms with E-state index >= 15 is 0 Å². The number of benzene rings is 1. The summed E-state index contributed by atoms with van der Waals surface area (Å²) in [5, 5.41) is 2.86. The molecule has 0 bridgehead atoms. The topological polar surface area (TPSA) is 44.9 Å². The smallest absolute Gasteiger partial charge is 0.257 e. The van der Waals surface area contributed by atoms with Crippen molar-refractivity contribution in [1.29, 1.82) is 0 Å². The number of H-pyrrole nitrogens is 1. The number of carbonyl (C=O) groups is 1. The molecular formula is C15H18N2O. The molecule has 2 aromatic rings. The molecule has 0 aliphatic rings. The third kappa shape index (κ3) is 2.80. The number of nitrogens with one attached hydrogen (secondary N) is 2. The highest BCUT2D eigenvalue weighted by Gasteiger charge is 2.17. The number of rotatable bonds is 2. The minimum absolute atomic E-state index is 0.0191. The largest absolute Gasteiger partial charge is 0.364 e. The van der Waals surface area contributed by atoms with E-state index in [4.69, 9.17) is 0 Å². The Morgan fingerprint density at radius 2 is 1.83 bits per heavy atom. The Balaban J connectivity index is 2.13. The summed E-state index contributed by atoms with van der Waals surface area (Å²) in [5.74, 6) is -0.0899. The van der Waals surface area contributed by atoms with Crippen molar-refractivity contribution in [3.63, 3.8) is 0 Å². The summed E-state index contributed by atoms with van der Waals surface area (Å²) in [5.41, 5.74) is 2.54. The molecule has 0 saturated heterocycles. The van der Waals surface area contributed by atoms with E-state index in [2.05, 4.69) is 31.1 Å². The molecule has 0 radical (unpaired) electrons. The Bertz CT molecular complexity index is 535. The van der Waals surface area contributed by atoms with Crippen LogP contribution in [-0.2, 0) is 5.41 Å². The maximum Gasteiger partial charge on any atom is 0.257 e. The van der Waals surface area contributed by atoms with Crippen molar-refractivity contribution < 1.29 is 4.79 Å². The van der Waals surface area contributed by atoms with Gasteiger partial charge in [-0.15, -0.1) is 0 Å². The molecule has 0 aliphatic carbocycles. The van der Waals surface area contributed by atoms with E-state index < -0.39 is 0 Å². The maximum atomic E-state index is 12.0. The first-order chi connectivity index (χ1) is 8.47. The van der Waals surface area contributed by atoms with E-state index in [0.29, 0.717) is 5.56 Å². The monoisotopic (exact) mass is 242 g/mol. The number of hydrogen-bond acceptors (Lipinski definition) is 1. The molecule has 2 rings (SSSR count). The number of para-hydroxylation sites is 1. The van der Waals surface area contributed by atoms with Crippen LogP contribution in [0.25, 0.3) is 0 Å². The molecule has 1 amide bonds. The number of anilines is 1. The molecular weight excluding hydrogens is 224 g/mol. The Morgan fingerprint density at radius 1 is 1.17 bits per heavy atom. The lowest BCUT2D eigenvalue weighted by Gasteiger charge is -2.15. The van der Waals surface area contributed by atoms with Gasteiger partial charge in [-0.05, 0) is 18.2 Å². The predicted octanol–water partition coefficient (Wildman–Crippen LogP) is 3.56. The van der Waals surface area contributed by atoms with E-state index in [1.807, 2.05) is 36.4 Å². The molecule has 94 valence electrons. The van der Waals surface area contributed by atoms with Gasteiger partial charge in [0.05, 0.1) is 5.56 Å². The van der Waals surface area contributed by atoms with Gasteiger partial charge in [-0.2, -0.15) is 0 Å². The highest BCUT2D eigenvalue weighted by atomic mass is 16.1. The number of hydrogen-bond donors (Lipinski definition) is 2. The van der Waals surface area contributed by atoms with Gasteiger partial charge in [-0.3, -0.25) is 4.79 Å². The second-order valence-corrected chi connectivity index (χ2v) is 5.37. The van der Waals surface area contributed by atoms with Crippen LogP contribution in [-0.4, -0.2) is 10.9 Å². The van der Waals surface area contributed by atoms with Gasteiger partial charge in [-0.1, -0.05) is 39.0 Å². The molecule has 0 atom stereocenters. The molecule has 0 unspecified atom stereocenters. The average Bonchev–Trinajstić information content (AvgIpc) is 2.79. The zero-order valence-electron chi connectivity index (χ0n) is 10.9. The fourth-order valence-electron chi connectivity index (χ4n) is 1.68. The number of carbonyl (C=O) groups excluding carboxylic acids is 1. The van der Waals surface area contributed by atoms with E-state index in [1.54, 1.807) is 6.20 Å². The van der Waals surface area contributed by atoms with Gasteiger partial charge in [0.25, 0.3) is 5.91 Å². The van der Waals surface area contributed by atoms with Gasteiger partial charge >= 0.3 is 0 Å². The predicted molar refractivity (Wildman–Crippen MR) is 73.9 cm³/mol. The van der Waals surface area contributed by atoms with Crippen LogP contribution in [0, 0.1) is 0 Å². The number of amides is 1. The molecule has 18 heavy (non-hydrogen) atoms. The molecule has 1 aromatic heterocycles. The molecule has 1 heterocycles. The van der Waals surface area contributed by atoms with E-state index in [1.165, 1.54) is 0 Å². The van der Waals surface area contributed by atoms with E-state index in [-0.39, 0.29) is 11.3 Å². The molecule has 0 saturated carbocycles. The van der Waals surface area contributed by atoms with Crippen LogP contribution in [0.3, 0.4) is 0 Å². The standard InChI is InChI=1S/C15H18N2O/c1-15(2,3)13-9-11(10-16-13)14(18)17-12-7-5-4-6-8-12/h4-10,16H,1-3H3,(H,17,18). The molecule has 2 N–H and O–H groups in total. The molecule has 0 spiro atoms. The van der Waals surface area contributed by atoms with Gasteiger partial charge in [0.1, 0.15) is 0 Å². The Labute approximate surface area is 107 Å². The fourth-order valence-corrected chi connectivity index (χ4v) is 1.68. The average molecular weight is 242 g/mol. The lowest BCUT2D eigenvalue weighted by atomic mass is 9.92. The van der Waals surface area contributed by atoms with Gasteiger partial charge in [0.2, 0.25) is 0 Å². The van der Waals surface area contributed by atoms with Gasteiger partial charge in [-0.25, -0.2) is 0 Å². The number of aromatic amines is 1. The summed E-state index contributed by atoms with van der Waals surface area (Å²) in [6.07, 6.45) is 1.75. The summed E-state index contributed by atoms with van der Waals surface area (Å²) >= 11 is 0. The van der Waals surface area contributed by atoms with Crippen LogP contribution < -0.4 is 5.32 Å². The summed E-state index contributed by atoms with van der Waals surface area (Å²) in [7, 11) is 0. The van der Waals surface area contributed by atoms with E-state index in [0.717, 1.165) is 11.4 Å². The summed E-state index contributed by atoms with van der Waals surface area (Å²) in [6.45, 7) is 6.33. The van der Waals surface area contributed by atoms with Crippen LogP contribution in [0.5, 0.6) is 0 Å². The Kier molecular flexibility index (Phi) is 3.24. The van der Waals surface area contributed by atoms with Crippen molar-refractivity contribution in [2.45, 2.75) is 26.2 Å². The lowest BCUT2D eigenvalue weighted by Crippen LogP contribution is -2.12. The molecule has 0 fully saturated rings. The number of aromatic nitrogens is 1. The van der Waals surface area contributed by atoms with Crippen molar-refractivity contribution in [3.05, 3.63) is 53.9 Å². The SMILES string of the molecule is CC(C)(C)c1cc(C(=O)Nc2ccccc2)c[nH]1. The van der Waals surface area contributed by atoms with Crippen LogP contribution >= 0.6 is 0 Å². The van der Waals surface area contributed by atoms with Crippen molar-refractivity contribution in [1.82, 2.24) is 4.98 Å². The van der Waals surface area contributed by atoms with Gasteiger partial charge in [0.15, 0.2) is 0 Å².